The van der Waals surface area contributed by atoms with Crippen LogP contribution < -0.4 is 5.32 Å². The molecule has 2 rings (SSSR count). The number of nitrogens with one attached hydrogen (secondary N) is 1. The first-order valence-electron chi connectivity index (χ1n) is 19.7. The van der Waals surface area contributed by atoms with Crippen LogP contribution in [0.15, 0.2) is 30.3 Å². The zero-order chi connectivity index (χ0) is 40.9. The number of amides is 3. The van der Waals surface area contributed by atoms with E-state index in [9.17, 15) is 29.1 Å². The molecule has 1 fully saturated rings. The lowest BCUT2D eigenvalue weighted by atomic mass is 9.83. The van der Waals surface area contributed by atoms with E-state index in [1.807, 2.05) is 90.9 Å². The van der Waals surface area contributed by atoms with Crippen molar-refractivity contribution in [2.24, 2.45) is 29.6 Å². The minimum Gasteiger partial charge on any atom is -0.389 e. The molecule has 54 heavy (non-hydrogen) atoms. The molecule has 0 bridgehead atoms. The van der Waals surface area contributed by atoms with Gasteiger partial charge in [0.15, 0.2) is 11.6 Å². The molecule has 0 radical (unpaired) electrons. The Bertz CT molecular complexity index is 1350. The Balaban J connectivity index is 2.29. The van der Waals surface area contributed by atoms with Crippen LogP contribution in [-0.2, 0) is 39.9 Å². The predicted octanol–water partition coefficient (Wildman–Crippen LogP) is 4.01. The van der Waals surface area contributed by atoms with Crippen molar-refractivity contribution in [3.63, 3.8) is 0 Å². The number of ether oxygens (including phenoxy) is 2. The fraction of sp³-hybridized carbons (Fsp3) is 0.738. The molecule has 9 atom stereocenters. The topological polar surface area (TPSA) is 146 Å². The number of Topliss-reactive ketones (excluding diaryl/α,β-unsaturated/α-hetero) is 2. The second-order valence-corrected chi connectivity index (χ2v) is 16.1. The van der Waals surface area contributed by atoms with Crippen LogP contribution in [0.4, 0.5) is 0 Å². The van der Waals surface area contributed by atoms with Crippen molar-refractivity contribution in [1.82, 2.24) is 20.0 Å². The molecule has 306 valence electrons. The quantitative estimate of drug-likeness (QED) is 0.169. The fourth-order valence-corrected chi connectivity index (χ4v) is 8.28. The highest BCUT2D eigenvalue weighted by Gasteiger charge is 2.43. The SMILES string of the molecule is CC[C@H](C)[C@@H]([C@@H](CC(=O)N1CCC[C@H]1[C@H](OC)[C@@H](C)C(=O)N[C@@H](Cc1ccccc1)C(=O)CO)OC)N(C)C(=O)[C@@H](CC(=O)[C@H](C(C)C)N(C)C)C(C)C. The maximum Gasteiger partial charge on any atom is 0.226 e. The third-order valence-electron chi connectivity index (χ3n) is 11.5. The number of aliphatic hydroxyl groups is 1. The van der Waals surface area contributed by atoms with E-state index in [0.717, 1.165) is 18.4 Å². The van der Waals surface area contributed by atoms with Gasteiger partial charge in [-0.2, -0.15) is 0 Å². The van der Waals surface area contributed by atoms with Gasteiger partial charge in [0.05, 0.1) is 48.7 Å². The van der Waals surface area contributed by atoms with Crippen molar-refractivity contribution in [1.29, 1.82) is 0 Å². The average molecular weight is 759 g/mol. The number of ketones is 2. The summed E-state index contributed by atoms with van der Waals surface area (Å²) in [5.74, 6) is -2.39. The summed E-state index contributed by atoms with van der Waals surface area (Å²) in [6, 6.07) is 7.24. The zero-order valence-electron chi connectivity index (χ0n) is 35.0. The van der Waals surface area contributed by atoms with Gasteiger partial charge in [0.1, 0.15) is 6.61 Å². The Labute approximate surface area is 324 Å². The molecule has 0 spiro atoms. The highest BCUT2D eigenvalue weighted by atomic mass is 16.5. The molecule has 3 amide bonds. The lowest BCUT2D eigenvalue weighted by Crippen LogP contribution is -2.55. The standard InChI is InChI=1S/C42H70N4O8/c1-13-28(6)39(45(10)42(52)31(26(2)3)23-34(48)38(27(4)5)44(8)9)36(53-11)24-37(50)46-21-17-20-33(46)40(54-12)29(7)41(51)43-32(35(49)25-47)22-30-18-15-14-16-19-30/h14-16,18-19,26-29,31-33,36,38-40,47H,13,17,20-25H2,1-12H3,(H,43,51)/t28-,29+,31-,32-,33-,36+,38-,39-,40+/m0/s1. The van der Waals surface area contributed by atoms with E-state index < -0.39 is 60.5 Å². The highest BCUT2D eigenvalue weighted by molar-refractivity contribution is 5.91. The largest absolute Gasteiger partial charge is 0.389 e. The molecule has 2 N–H and O–H groups in total. The molecule has 1 aromatic carbocycles. The first-order valence-corrected chi connectivity index (χ1v) is 19.7. The summed E-state index contributed by atoms with van der Waals surface area (Å²) in [4.78, 5) is 73.7. The lowest BCUT2D eigenvalue weighted by Gasteiger charge is -2.41. The molecular formula is C42H70N4O8. The number of hydrogen-bond donors (Lipinski definition) is 2. The molecule has 1 aliphatic rings. The summed E-state index contributed by atoms with van der Waals surface area (Å²) in [7, 11) is 8.61. The molecule has 0 unspecified atom stereocenters. The number of methoxy groups -OCH3 is 2. The third-order valence-corrected chi connectivity index (χ3v) is 11.5. The Morgan fingerprint density at radius 2 is 1.54 bits per heavy atom. The van der Waals surface area contributed by atoms with E-state index in [-0.39, 0.29) is 60.7 Å². The Kier molecular flexibility index (Phi) is 19.5. The molecule has 12 nitrogen and oxygen atoms in total. The van der Waals surface area contributed by atoms with E-state index in [0.29, 0.717) is 13.0 Å². The summed E-state index contributed by atoms with van der Waals surface area (Å²) in [6.07, 6.45) is 1.20. The summed E-state index contributed by atoms with van der Waals surface area (Å²) in [5, 5.41) is 12.5. The number of nitrogens with zero attached hydrogens (tertiary/aromatic N) is 3. The monoisotopic (exact) mass is 759 g/mol. The predicted molar refractivity (Wildman–Crippen MR) is 211 cm³/mol. The Morgan fingerprint density at radius 1 is 0.907 bits per heavy atom. The van der Waals surface area contributed by atoms with Gasteiger partial charge in [-0.3, -0.25) is 28.9 Å². The van der Waals surface area contributed by atoms with Crippen molar-refractivity contribution in [3.05, 3.63) is 35.9 Å². The normalized spacial score (nSPS) is 19.2. The van der Waals surface area contributed by atoms with Crippen LogP contribution in [0.3, 0.4) is 0 Å². The second kappa shape index (κ2) is 22.4. The minimum absolute atomic E-state index is 0.0133. The highest BCUT2D eigenvalue weighted by Crippen LogP contribution is 2.31. The number of carbonyl (C=O) groups excluding carboxylic acids is 5. The second-order valence-electron chi connectivity index (χ2n) is 16.1. The lowest BCUT2D eigenvalue weighted by molar-refractivity contribution is -0.149. The van der Waals surface area contributed by atoms with Crippen molar-refractivity contribution in [2.45, 2.75) is 123 Å². The van der Waals surface area contributed by atoms with E-state index in [1.165, 1.54) is 7.11 Å². The molecule has 1 saturated heterocycles. The van der Waals surface area contributed by atoms with E-state index in [4.69, 9.17) is 9.47 Å². The third kappa shape index (κ3) is 12.4. The molecule has 0 saturated carbocycles. The van der Waals surface area contributed by atoms with E-state index in [2.05, 4.69) is 5.32 Å². The van der Waals surface area contributed by atoms with Crippen molar-refractivity contribution in [2.75, 3.05) is 48.5 Å². The maximum absolute atomic E-state index is 14.3. The summed E-state index contributed by atoms with van der Waals surface area (Å²) in [6.45, 7) is 13.6. The number of benzene rings is 1. The number of likely N-dealkylation sites (N-methyl/N-ethyl adjacent to an activating group) is 2. The molecule has 1 aliphatic heterocycles. The number of likely N-dealkylation sites (tertiary alicyclic amines) is 1. The van der Waals surface area contributed by atoms with Gasteiger partial charge in [-0.05, 0) is 56.7 Å². The van der Waals surface area contributed by atoms with Crippen LogP contribution in [0.5, 0.6) is 0 Å². The van der Waals surface area contributed by atoms with Crippen LogP contribution in [-0.4, -0.2) is 134 Å². The minimum atomic E-state index is -0.913. The van der Waals surface area contributed by atoms with Gasteiger partial charge < -0.3 is 29.7 Å². The average Bonchev–Trinajstić information content (AvgIpc) is 3.62. The van der Waals surface area contributed by atoms with E-state index >= 15 is 0 Å². The molecule has 0 aromatic heterocycles. The Hall–Kier alpha value is -3.19. The Morgan fingerprint density at radius 3 is 2.04 bits per heavy atom. The van der Waals surface area contributed by atoms with Crippen LogP contribution in [0.2, 0.25) is 0 Å². The molecule has 0 aliphatic carbocycles. The number of rotatable bonds is 23. The van der Waals surface area contributed by atoms with Gasteiger partial charge in [0.25, 0.3) is 0 Å². The van der Waals surface area contributed by atoms with Crippen molar-refractivity contribution >= 4 is 29.3 Å². The molecule has 1 aromatic rings. The fourth-order valence-electron chi connectivity index (χ4n) is 8.28. The summed E-state index contributed by atoms with van der Waals surface area (Å²) < 4.78 is 11.9. The van der Waals surface area contributed by atoms with Gasteiger partial charge in [0.2, 0.25) is 17.7 Å². The first-order chi connectivity index (χ1) is 25.4. The summed E-state index contributed by atoms with van der Waals surface area (Å²) >= 11 is 0. The van der Waals surface area contributed by atoms with Crippen molar-refractivity contribution < 1.29 is 38.6 Å². The maximum atomic E-state index is 14.3. The number of aliphatic hydroxyl groups excluding tert-OH is 1. The van der Waals surface area contributed by atoms with Crippen LogP contribution in [0, 0.1) is 29.6 Å². The van der Waals surface area contributed by atoms with Crippen LogP contribution >= 0.6 is 0 Å². The van der Waals surface area contributed by atoms with Gasteiger partial charge >= 0.3 is 0 Å². The smallest absolute Gasteiger partial charge is 0.226 e. The zero-order valence-corrected chi connectivity index (χ0v) is 35.0. The number of hydrogen-bond acceptors (Lipinski definition) is 9. The molecule has 1 heterocycles. The van der Waals surface area contributed by atoms with Gasteiger partial charge in [-0.25, -0.2) is 0 Å². The summed E-state index contributed by atoms with van der Waals surface area (Å²) in [5.41, 5.74) is 0.848. The first kappa shape index (κ1) is 47.0. The molecule has 12 heteroatoms. The van der Waals surface area contributed by atoms with E-state index in [1.54, 1.807) is 30.9 Å². The van der Waals surface area contributed by atoms with Crippen LogP contribution in [0.25, 0.3) is 0 Å². The number of carbonyl (C=O) groups is 5. The van der Waals surface area contributed by atoms with Gasteiger partial charge in [0, 0.05) is 40.2 Å². The van der Waals surface area contributed by atoms with Gasteiger partial charge in [-0.15, -0.1) is 0 Å². The van der Waals surface area contributed by atoms with Crippen LogP contribution in [0.1, 0.15) is 86.1 Å². The molecular weight excluding hydrogens is 688 g/mol. The van der Waals surface area contributed by atoms with Crippen molar-refractivity contribution in [3.8, 4) is 0 Å². The van der Waals surface area contributed by atoms with Gasteiger partial charge in [-0.1, -0.05) is 85.2 Å².